The van der Waals surface area contributed by atoms with Crippen molar-refractivity contribution < 1.29 is 9.72 Å². The van der Waals surface area contributed by atoms with E-state index in [4.69, 9.17) is 4.98 Å². The van der Waals surface area contributed by atoms with E-state index >= 15 is 0 Å². The Hall–Kier alpha value is -3.91. The summed E-state index contributed by atoms with van der Waals surface area (Å²) in [6.45, 7) is 1.72. The predicted molar refractivity (Wildman–Crippen MR) is 127 cm³/mol. The Morgan fingerprint density at radius 2 is 1.66 bits per heavy atom. The largest absolute Gasteiger partial charge is 0.332 e. The maximum absolute atomic E-state index is 12.5. The van der Waals surface area contributed by atoms with Gasteiger partial charge in [0, 0.05) is 17.2 Å². The monoisotopic (exact) mass is 444 g/mol. The summed E-state index contributed by atoms with van der Waals surface area (Å²) < 4.78 is 0. The van der Waals surface area contributed by atoms with Crippen molar-refractivity contribution >= 4 is 29.0 Å². The number of aryl methyl sites for hydroxylation is 1. The zero-order chi connectivity index (χ0) is 22.5. The van der Waals surface area contributed by atoms with Gasteiger partial charge in [-0.3, -0.25) is 14.9 Å². The van der Waals surface area contributed by atoms with Gasteiger partial charge in [0.15, 0.2) is 5.16 Å². The summed E-state index contributed by atoms with van der Waals surface area (Å²) in [5.74, 6) is -0.284. The van der Waals surface area contributed by atoms with E-state index in [2.05, 4.69) is 10.3 Å². The molecule has 0 bridgehead atoms. The van der Waals surface area contributed by atoms with Gasteiger partial charge in [-0.05, 0) is 12.5 Å². The molecule has 0 unspecified atom stereocenters. The van der Waals surface area contributed by atoms with Gasteiger partial charge in [0.1, 0.15) is 5.69 Å². The van der Waals surface area contributed by atoms with E-state index in [1.54, 1.807) is 19.1 Å². The van der Waals surface area contributed by atoms with Crippen molar-refractivity contribution in [3.05, 3.63) is 94.5 Å². The lowest BCUT2D eigenvalue weighted by Crippen LogP contribution is -2.16. The summed E-state index contributed by atoms with van der Waals surface area (Å²) in [5, 5.41) is 14.5. The molecule has 4 aromatic rings. The third kappa shape index (κ3) is 4.70. The lowest BCUT2D eigenvalue weighted by Gasteiger charge is -2.08. The molecule has 0 aliphatic heterocycles. The van der Waals surface area contributed by atoms with Gasteiger partial charge in [-0.15, -0.1) is 0 Å². The smallest absolute Gasteiger partial charge is 0.293 e. The second-order valence-electron chi connectivity index (χ2n) is 7.06. The minimum Gasteiger partial charge on any atom is -0.332 e. The molecule has 0 spiro atoms. The first-order chi connectivity index (χ1) is 15.5. The van der Waals surface area contributed by atoms with Gasteiger partial charge >= 0.3 is 0 Å². The number of nitro groups is 1. The Balaban J connectivity index is 1.55. The molecule has 0 saturated carbocycles. The van der Waals surface area contributed by atoms with Crippen molar-refractivity contribution in [1.29, 1.82) is 0 Å². The van der Waals surface area contributed by atoms with Gasteiger partial charge in [0.05, 0.1) is 22.1 Å². The second-order valence-corrected chi connectivity index (χ2v) is 8.02. The molecule has 32 heavy (non-hydrogen) atoms. The predicted octanol–water partition coefficient (Wildman–Crippen LogP) is 5.69. The van der Waals surface area contributed by atoms with Gasteiger partial charge in [-0.2, -0.15) is 0 Å². The number of nitrogens with zero attached hydrogens (tertiary/aromatic N) is 2. The van der Waals surface area contributed by atoms with Crippen LogP contribution < -0.4 is 5.32 Å². The highest BCUT2D eigenvalue weighted by Gasteiger charge is 2.19. The zero-order valence-corrected chi connectivity index (χ0v) is 18.1. The van der Waals surface area contributed by atoms with E-state index in [-0.39, 0.29) is 23.0 Å². The molecular formula is C24H20N4O3S. The third-order valence-corrected chi connectivity index (χ3v) is 5.72. The molecule has 0 saturated heterocycles. The Kier molecular flexibility index (Phi) is 6.32. The standard InChI is InChI=1S/C24H20N4O3S/c1-16-9-8-14-19(28(30)31)21(16)25-20(29)15-32-24-26-22(17-10-4-2-5-11-17)23(27-24)18-12-6-3-7-13-18/h2-14H,15H2,1H3,(H,25,29)(H,26,27). The lowest BCUT2D eigenvalue weighted by atomic mass is 10.1. The quantitative estimate of drug-likeness (QED) is 0.217. The highest BCUT2D eigenvalue weighted by atomic mass is 32.2. The van der Waals surface area contributed by atoms with Gasteiger partial charge < -0.3 is 10.3 Å². The number of nitro benzene ring substituents is 1. The number of hydrogen-bond donors (Lipinski definition) is 2. The fraction of sp³-hybridized carbons (Fsp3) is 0.0833. The van der Waals surface area contributed by atoms with Crippen LogP contribution in [-0.4, -0.2) is 26.6 Å². The topological polar surface area (TPSA) is 101 Å². The van der Waals surface area contributed by atoms with Crippen LogP contribution in [-0.2, 0) is 4.79 Å². The molecule has 4 rings (SSSR count). The summed E-state index contributed by atoms with van der Waals surface area (Å²) in [6.07, 6.45) is 0. The minimum atomic E-state index is -0.499. The molecule has 0 fully saturated rings. The summed E-state index contributed by atoms with van der Waals surface area (Å²) in [4.78, 5) is 31.4. The Bertz CT molecular complexity index is 1200. The maximum atomic E-state index is 12.5. The number of carbonyl (C=O) groups excluding carboxylic acids is 1. The number of para-hydroxylation sites is 1. The van der Waals surface area contributed by atoms with Crippen molar-refractivity contribution in [3.8, 4) is 22.5 Å². The van der Waals surface area contributed by atoms with E-state index in [0.717, 1.165) is 22.5 Å². The van der Waals surface area contributed by atoms with Gasteiger partial charge in [0.25, 0.3) is 5.69 Å². The van der Waals surface area contributed by atoms with E-state index in [1.807, 2.05) is 60.7 Å². The molecule has 0 aliphatic rings. The molecule has 160 valence electrons. The normalized spacial score (nSPS) is 10.7. The van der Waals surface area contributed by atoms with Crippen LogP contribution in [0, 0.1) is 17.0 Å². The summed E-state index contributed by atoms with van der Waals surface area (Å²) in [5.41, 5.74) is 4.36. The van der Waals surface area contributed by atoms with Crippen LogP contribution in [0.1, 0.15) is 5.56 Å². The molecule has 3 aromatic carbocycles. The SMILES string of the molecule is Cc1cccc([N+](=O)[O-])c1NC(=O)CSc1nc(-c2ccccc2)c(-c2ccccc2)[nH]1. The van der Waals surface area contributed by atoms with Crippen molar-refractivity contribution in [2.75, 3.05) is 11.1 Å². The Morgan fingerprint density at radius 3 is 2.31 bits per heavy atom. The first-order valence-electron chi connectivity index (χ1n) is 9.90. The first-order valence-corrected chi connectivity index (χ1v) is 10.9. The number of carbonyl (C=O) groups is 1. The molecule has 0 radical (unpaired) electrons. The van der Waals surface area contributed by atoms with E-state index in [1.165, 1.54) is 17.8 Å². The van der Waals surface area contributed by atoms with Crippen LogP contribution >= 0.6 is 11.8 Å². The number of imidazole rings is 1. The highest BCUT2D eigenvalue weighted by Crippen LogP contribution is 2.33. The highest BCUT2D eigenvalue weighted by molar-refractivity contribution is 7.99. The van der Waals surface area contributed by atoms with Crippen LogP contribution in [0.3, 0.4) is 0 Å². The van der Waals surface area contributed by atoms with Crippen LogP contribution in [0.4, 0.5) is 11.4 Å². The van der Waals surface area contributed by atoms with Crippen LogP contribution in [0.5, 0.6) is 0 Å². The van der Waals surface area contributed by atoms with E-state index in [0.29, 0.717) is 10.7 Å². The number of rotatable bonds is 7. The number of aromatic amines is 1. The van der Waals surface area contributed by atoms with Crippen LogP contribution in [0.15, 0.2) is 84.0 Å². The Labute approximate surface area is 189 Å². The van der Waals surface area contributed by atoms with E-state index < -0.39 is 4.92 Å². The zero-order valence-electron chi connectivity index (χ0n) is 17.2. The number of H-pyrrole nitrogens is 1. The fourth-order valence-electron chi connectivity index (χ4n) is 3.31. The number of anilines is 1. The number of hydrogen-bond acceptors (Lipinski definition) is 5. The molecule has 7 nitrogen and oxygen atoms in total. The number of thioether (sulfide) groups is 1. The molecule has 0 aliphatic carbocycles. The maximum Gasteiger partial charge on any atom is 0.293 e. The van der Waals surface area contributed by atoms with Crippen molar-refractivity contribution in [2.24, 2.45) is 0 Å². The minimum absolute atomic E-state index is 0.0570. The summed E-state index contributed by atoms with van der Waals surface area (Å²) in [7, 11) is 0. The molecular weight excluding hydrogens is 424 g/mol. The molecule has 8 heteroatoms. The van der Waals surface area contributed by atoms with Gasteiger partial charge in [-0.1, -0.05) is 84.6 Å². The molecule has 1 amide bonds. The van der Waals surface area contributed by atoms with Crippen molar-refractivity contribution in [3.63, 3.8) is 0 Å². The molecule has 0 atom stereocenters. The van der Waals surface area contributed by atoms with Gasteiger partial charge in [-0.25, -0.2) is 4.98 Å². The Morgan fingerprint density at radius 1 is 1.00 bits per heavy atom. The molecule has 1 aromatic heterocycles. The van der Waals surface area contributed by atoms with Crippen molar-refractivity contribution in [1.82, 2.24) is 9.97 Å². The van der Waals surface area contributed by atoms with Crippen LogP contribution in [0.25, 0.3) is 22.5 Å². The van der Waals surface area contributed by atoms with E-state index in [9.17, 15) is 14.9 Å². The second kappa shape index (κ2) is 9.49. The molecule has 1 heterocycles. The lowest BCUT2D eigenvalue weighted by molar-refractivity contribution is -0.384. The van der Waals surface area contributed by atoms with Crippen molar-refractivity contribution in [2.45, 2.75) is 12.1 Å². The number of aromatic nitrogens is 2. The number of nitrogens with one attached hydrogen (secondary N) is 2. The first kappa shape index (κ1) is 21.3. The molecule has 2 N–H and O–H groups in total. The number of benzene rings is 3. The average molecular weight is 445 g/mol. The third-order valence-electron chi connectivity index (χ3n) is 4.84. The average Bonchev–Trinajstić information content (AvgIpc) is 3.24. The number of amides is 1. The summed E-state index contributed by atoms with van der Waals surface area (Å²) in [6, 6.07) is 24.4. The van der Waals surface area contributed by atoms with Crippen LogP contribution in [0.2, 0.25) is 0 Å². The fourth-order valence-corrected chi connectivity index (χ4v) is 3.99. The summed E-state index contributed by atoms with van der Waals surface area (Å²) >= 11 is 1.24. The van der Waals surface area contributed by atoms with Gasteiger partial charge in [0.2, 0.25) is 5.91 Å².